The van der Waals surface area contributed by atoms with E-state index in [1.165, 1.54) is 6.07 Å². The maximum absolute atomic E-state index is 9.91. The third-order valence-corrected chi connectivity index (χ3v) is 2.81. The summed E-state index contributed by atoms with van der Waals surface area (Å²) in [5.74, 6) is -3.10. The Labute approximate surface area is 96.8 Å². The second-order valence-electron chi connectivity index (χ2n) is 3.74. The first kappa shape index (κ1) is 11.2. The summed E-state index contributed by atoms with van der Waals surface area (Å²) >= 11 is 0. The Bertz CT molecular complexity index is 604. The van der Waals surface area contributed by atoms with E-state index in [4.69, 9.17) is 0 Å². The van der Waals surface area contributed by atoms with Crippen molar-refractivity contribution in [1.29, 1.82) is 0 Å². The van der Waals surface area contributed by atoms with Gasteiger partial charge in [-0.2, -0.15) is 0 Å². The predicted octanol–water partition coefficient (Wildman–Crippen LogP) is 1.93. The molecule has 0 bridgehead atoms. The fourth-order valence-electron chi connectivity index (χ4n) is 1.83. The maximum Gasteiger partial charge on any atom is 0.205 e. The van der Waals surface area contributed by atoms with Gasteiger partial charge >= 0.3 is 0 Å². The molecule has 90 valence electrons. The molecule has 0 radical (unpaired) electrons. The summed E-state index contributed by atoms with van der Waals surface area (Å²) in [6, 6.07) is 3.04. The molecular weight excluding hydrogens is 224 g/mol. The zero-order chi connectivity index (χ0) is 12.7. The molecule has 0 aliphatic rings. The normalized spacial score (nSPS) is 10.9. The Kier molecular flexibility index (Phi) is 2.38. The highest BCUT2D eigenvalue weighted by molar-refractivity contribution is 6.02. The smallest absolute Gasteiger partial charge is 0.205 e. The third kappa shape index (κ3) is 1.39. The molecule has 0 saturated carbocycles. The molecule has 5 N–H and O–H groups in total. The zero-order valence-corrected chi connectivity index (χ0v) is 9.10. The van der Waals surface area contributed by atoms with E-state index in [1.807, 2.05) is 6.92 Å². The van der Waals surface area contributed by atoms with Crippen LogP contribution in [0.4, 0.5) is 0 Å². The lowest BCUT2D eigenvalue weighted by Gasteiger charge is -2.12. The van der Waals surface area contributed by atoms with Crippen molar-refractivity contribution < 1.29 is 25.5 Å². The minimum Gasteiger partial charge on any atom is -0.507 e. The molecule has 0 atom stereocenters. The highest BCUT2D eigenvalue weighted by Crippen LogP contribution is 2.51. The zero-order valence-electron chi connectivity index (χ0n) is 9.10. The SMILES string of the molecule is CCc1ccc2c(O)c(O)c(O)c(O)c2c1O. The first-order valence-electron chi connectivity index (χ1n) is 5.09. The van der Waals surface area contributed by atoms with Gasteiger partial charge in [0.1, 0.15) is 5.75 Å². The highest BCUT2D eigenvalue weighted by atomic mass is 16.3. The van der Waals surface area contributed by atoms with Gasteiger partial charge in [-0.1, -0.05) is 13.0 Å². The molecular formula is C12H12O5. The molecule has 0 fully saturated rings. The number of fused-ring (bicyclic) bond motifs is 1. The fraction of sp³-hybridized carbons (Fsp3) is 0.167. The van der Waals surface area contributed by atoms with Crippen LogP contribution in [0.15, 0.2) is 12.1 Å². The van der Waals surface area contributed by atoms with Crippen molar-refractivity contribution in [3.63, 3.8) is 0 Å². The average molecular weight is 236 g/mol. The van der Waals surface area contributed by atoms with Crippen molar-refractivity contribution >= 4 is 10.8 Å². The summed E-state index contributed by atoms with van der Waals surface area (Å²) in [4.78, 5) is 0. The Hall–Kier alpha value is -2.30. The number of aromatic hydroxyl groups is 5. The minimum atomic E-state index is -0.849. The van der Waals surface area contributed by atoms with Crippen molar-refractivity contribution in [3.05, 3.63) is 17.7 Å². The van der Waals surface area contributed by atoms with E-state index < -0.39 is 23.0 Å². The molecule has 0 heterocycles. The van der Waals surface area contributed by atoms with Crippen molar-refractivity contribution in [3.8, 4) is 28.7 Å². The van der Waals surface area contributed by atoms with Gasteiger partial charge in [-0.05, 0) is 18.1 Å². The van der Waals surface area contributed by atoms with Crippen LogP contribution in [0.2, 0.25) is 0 Å². The molecule has 2 rings (SSSR count). The van der Waals surface area contributed by atoms with Crippen LogP contribution >= 0.6 is 0 Å². The monoisotopic (exact) mass is 236 g/mol. The molecule has 2 aromatic carbocycles. The molecule has 0 amide bonds. The molecule has 0 aliphatic carbocycles. The maximum atomic E-state index is 9.91. The summed E-state index contributed by atoms with van der Waals surface area (Å²) in [5.41, 5.74) is 0.567. The number of hydrogen-bond acceptors (Lipinski definition) is 5. The third-order valence-electron chi connectivity index (χ3n) is 2.81. The predicted molar refractivity (Wildman–Crippen MR) is 61.7 cm³/mol. The van der Waals surface area contributed by atoms with Crippen molar-refractivity contribution in [2.75, 3.05) is 0 Å². The van der Waals surface area contributed by atoms with E-state index in [9.17, 15) is 25.5 Å². The summed E-state index contributed by atoms with van der Waals surface area (Å²) < 4.78 is 0. The number of phenols is 5. The Balaban J connectivity index is 3.01. The van der Waals surface area contributed by atoms with E-state index in [-0.39, 0.29) is 16.5 Å². The molecule has 0 unspecified atom stereocenters. The fourth-order valence-corrected chi connectivity index (χ4v) is 1.83. The average Bonchev–Trinajstić information content (AvgIpc) is 2.33. The number of aryl methyl sites for hydroxylation is 1. The second kappa shape index (κ2) is 3.62. The lowest BCUT2D eigenvalue weighted by molar-refractivity contribution is 0.350. The summed E-state index contributed by atoms with van der Waals surface area (Å²) in [7, 11) is 0. The van der Waals surface area contributed by atoms with Crippen LogP contribution in [0.25, 0.3) is 10.8 Å². The van der Waals surface area contributed by atoms with Crippen LogP contribution in [-0.4, -0.2) is 25.5 Å². The van der Waals surface area contributed by atoms with Gasteiger partial charge in [0.15, 0.2) is 11.5 Å². The Morgan fingerprint density at radius 2 is 1.35 bits per heavy atom. The van der Waals surface area contributed by atoms with E-state index in [0.29, 0.717) is 12.0 Å². The Morgan fingerprint density at radius 3 is 1.94 bits per heavy atom. The second-order valence-corrected chi connectivity index (χ2v) is 3.74. The summed E-state index contributed by atoms with van der Waals surface area (Å²) in [5, 5.41) is 48.0. The molecule has 5 nitrogen and oxygen atoms in total. The molecule has 17 heavy (non-hydrogen) atoms. The standard InChI is InChI=1S/C12H12O5/c1-2-5-3-4-6-7(8(5)13)10(15)12(17)11(16)9(6)14/h3-4,13-17H,2H2,1H3. The number of rotatable bonds is 1. The molecule has 0 spiro atoms. The van der Waals surface area contributed by atoms with Gasteiger partial charge < -0.3 is 25.5 Å². The van der Waals surface area contributed by atoms with E-state index in [0.717, 1.165) is 0 Å². The van der Waals surface area contributed by atoms with Gasteiger partial charge in [-0.3, -0.25) is 0 Å². The van der Waals surface area contributed by atoms with E-state index in [1.54, 1.807) is 6.07 Å². The first-order chi connectivity index (χ1) is 7.99. The van der Waals surface area contributed by atoms with Crippen LogP contribution in [0.5, 0.6) is 28.7 Å². The van der Waals surface area contributed by atoms with Crippen molar-refractivity contribution in [1.82, 2.24) is 0 Å². The molecule has 5 heteroatoms. The van der Waals surface area contributed by atoms with Gasteiger partial charge in [0.25, 0.3) is 0 Å². The number of benzene rings is 2. The van der Waals surface area contributed by atoms with Gasteiger partial charge in [-0.15, -0.1) is 0 Å². The van der Waals surface area contributed by atoms with Crippen molar-refractivity contribution in [2.45, 2.75) is 13.3 Å². The van der Waals surface area contributed by atoms with E-state index in [2.05, 4.69) is 0 Å². The molecule has 0 saturated heterocycles. The van der Waals surface area contributed by atoms with Gasteiger partial charge in [0, 0.05) is 5.39 Å². The van der Waals surface area contributed by atoms with E-state index >= 15 is 0 Å². The topological polar surface area (TPSA) is 101 Å². The Morgan fingerprint density at radius 1 is 0.765 bits per heavy atom. The number of phenolic OH excluding ortho intramolecular Hbond substituents is 5. The lowest BCUT2D eigenvalue weighted by Crippen LogP contribution is -1.86. The molecule has 0 aromatic heterocycles. The lowest BCUT2D eigenvalue weighted by atomic mass is 10.0. The van der Waals surface area contributed by atoms with Crippen LogP contribution in [0.3, 0.4) is 0 Å². The van der Waals surface area contributed by atoms with Crippen LogP contribution < -0.4 is 0 Å². The largest absolute Gasteiger partial charge is 0.507 e. The molecule has 2 aromatic rings. The van der Waals surface area contributed by atoms with Gasteiger partial charge in [-0.25, -0.2) is 0 Å². The summed E-state index contributed by atoms with van der Waals surface area (Å²) in [6.07, 6.45) is 0.531. The highest BCUT2D eigenvalue weighted by Gasteiger charge is 2.21. The summed E-state index contributed by atoms with van der Waals surface area (Å²) in [6.45, 7) is 1.82. The van der Waals surface area contributed by atoms with Crippen LogP contribution in [0, 0.1) is 0 Å². The molecule has 0 aliphatic heterocycles. The van der Waals surface area contributed by atoms with Crippen LogP contribution in [-0.2, 0) is 6.42 Å². The first-order valence-corrected chi connectivity index (χ1v) is 5.09. The minimum absolute atomic E-state index is 0.0721. The van der Waals surface area contributed by atoms with Crippen LogP contribution in [0.1, 0.15) is 12.5 Å². The number of hydrogen-bond donors (Lipinski definition) is 5. The van der Waals surface area contributed by atoms with Gasteiger partial charge in [0.2, 0.25) is 11.5 Å². The quantitative estimate of drug-likeness (QED) is 0.384. The van der Waals surface area contributed by atoms with Gasteiger partial charge in [0.05, 0.1) is 5.39 Å². The van der Waals surface area contributed by atoms with Crippen molar-refractivity contribution in [2.24, 2.45) is 0 Å².